The van der Waals surface area contributed by atoms with Gasteiger partial charge in [-0.2, -0.15) is 0 Å². The van der Waals surface area contributed by atoms with Crippen LogP contribution in [-0.2, 0) is 4.79 Å². The second-order valence-electron chi connectivity index (χ2n) is 5.62. The van der Waals surface area contributed by atoms with Gasteiger partial charge in [0.25, 0.3) is 5.91 Å². The third-order valence-electron chi connectivity index (χ3n) is 3.89. The van der Waals surface area contributed by atoms with Crippen LogP contribution in [0.2, 0.25) is 5.02 Å². The van der Waals surface area contributed by atoms with Crippen molar-refractivity contribution < 1.29 is 9.59 Å². The largest absolute Gasteiger partial charge is 0.321 e. The van der Waals surface area contributed by atoms with Gasteiger partial charge in [-0.1, -0.05) is 35.9 Å². The SMILES string of the molecule is CN(C(=O)C1CC1)c1ccccc1C(=O)Nc1ccccc1Cl. The quantitative estimate of drug-likeness (QED) is 0.923. The molecule has 0 heterocycles. The molecule has 0 saturated heterocycles. The number of halogens is 1. The lowest BCUT2D eigenvalue weighted by atomic mass is 10.1. The molecule has 0 aliphatic heterocycles. The van der Waals surface area contributed by atoms with Gasteiger partial charge in [0.1, 0.15) is 0 Å². The molecular weight excluding hydrogens is 312 g/mol. The average Bonchev–Trinajstić information content (AvgIpc) is 3.40. The maximum Gasteiger partial charge on any atom is 0.257 e. The van der Waals surface area contributed by atoms with Gasteiger partial charge in [0.2, 0.25) is 5.91 Å². The van der Waals surface area contributed by atoms with E-state index in [0.29, 0.717) is 22.0 Å². The summed E-state index contributed by atoms with van der Waals surface area (Å²) in [4.78, 5) is 26.4. The molecule has 3 rings (SSSR count). The maximum atomic E-state index is 12.6. The first-order valence-electron chi connectivity index (χ1n) is 7.50. The van der Waals surface area contributed by atoms with Crippen LogP contribution >= 0.6 is 11.6 Å². The van der Waals surface area contributed by atoms with Crippen LogP contribution in [0.1, 0.15) is 23.2 Å². The van der Waals surface area contributed by atoms with Gasteiger partial charge in [0.15, 0.2) is 0 Å². The number of benzene rings is 2. The Morgan fingerprint density at radius 1 is 1.09 bits per heavy atom. The highest BCUT2D eigenvalue weighted by molar-refractivity contribution is 6.34. The molecule has 0 bridgehead atoms. The van der Waals surface area contributed by atoms with Gasteiger partial charge in [-0.15, -0.1) is 0 Å². The van der Waals surface area contributed by atoms with E-state index in [4.69, 9.17) is 11.6 Å². The first kappa shape index (κ1) is 15.6. The van der Waals surface area contributed by atoms with E-state index in [0.717, 1.165) is 12.8 Å². The van der Waals surface area contributed by atoms with Crippen LogP contribution in [0.4, 0.5) is 11.4 Å². The molecule has 5 heteroatoms. The minimum Gasteiger partial charge on any atom is -0.321 e. The third kappa shape index (κ3) is 3.37. The van der Waals surface area contributed by atoms with E-state index in [1.807, 2.05) is 6.07 Å². The number of para-hydroxylation sites is 2. The van der Waals surface area contributed by atoms with E-state index >= 15 is 0 Å². The fourth-order valence-corrected chi connectivity index (χ4v) is 2.62. The number of hydrogen-bond donors (Lipinski definition) is 1. The molecule has 1 aliphatic rings. The fraction of sp³-hybridized carbons (Fsp3) is 0.222. The van der Waals surface area contributed by atoms with Crippen molar-refractivity contribution in [3.8, 4) is 0 Å². The van der Waals surface area contributed by atoms with Crippen LogP contribution in [0.15, 0.2) is 48.5 Å². The van der Waals surface area contributed by atoms with Crippen LogP contribution in [0, 0.1) is 5.92 Å². The Bertz CT molecular complexity index is 756. The van der Waals surface area contributed by atoms with Crippen LogP contribution in [-0.4, -0.2) is 18.9 Å². The average molecular weight is 329 g/mol. The first-order valence-corrected chi connectivity index (χ1v) is 7.88. The van der Waals surface area contributed by atoms with Crippen molar-refractivity contribution >= 4 is 34.8 Å². The van der Waals surface area contributed by atoms with Crippen molar-refractivity contribution in [2.24, 2.45) is 5.92 Å². The molecule has 0 aromatic heterocycles. The highest BCUT2D eigenvalue weighted by atomic mass is 35.5. The number of carbonyl (C=O) groups is 2. The number of nitrogens with one attached hydrogen (secondary N) is 1. The normalized spacial score (nSPS) is 13.5. The van der Waals surface area contributed by atoms with Crippen molar-refractivity contribution in [2.75, 3.05) is 17.3 Å². The van der Waals surface area contributed by atoms with E-state index in [1.165, 1.54) is 0 Å². The lowest BCUT2D eigenvalue weighted by Gasteiger charge is -2.20. The van der Waals surface area contributed by atoms with Crippen LogP contribution in [0.3, 0.4) is 0 Å². The molecule has 0 atom stereocenters. The van der Waals surface area contributed by atoms with Gasteiger partial charge >= 0.3 is 0 Å². The highest BCUT2D eigenvalue weighted by Crippen LogP contribution is 2.33. The molecule has 2 aromatic carbocycles. The van der Waals surface area contributed by atoms with Crippen molar-refractivity contribution in [1.29, 1.82) is 0 Å². The maximum absolute atomic E-state index is 12.6. The van der Waals surface area contributed by atoms with E-state index < -0.39 is 0 Å². The number of hydrogen-bond acceptors (Lipinski definition) is 2. The highest BCUT2D eigenvalue weighted by Gasteiger charge is 2.33. The van der Waals surface area contributed by atoms with E-state index in [1.54, 1.807) is 54.4 Å². The molecule has 4 nitrogen and oxygen atoms in total. The van der Waals surface area contributed by atoms with Gasteiger partial charge in [-0.05, 0) is 37.1 Å². The van der Waals surface area contributed by atoms with Crippen molar-refractivity contribution in [1.82, 2.24) is 0 Å². The predicted molar refractivity (Wildman–Crippen MR) is 92.0 cm³/mol. The Kier molecular flexibility index (Phi) is 4.35. The summed E-state index contributed by atoms with van der Waals surface area (Å²) in [5.41, 5.74) is 1.60. The topological polar surface area (TPSA) is 49.4 Å². The third-order valence-corrected chi connectivity index (χ3v) is 4.22. The van der Waals surface area contributed by atoms with E-state index in [-0.39, 0.29) is 17.7 Å². The monoisotopic (exact) mass is 328 g/mol. The Hall–Kier alpha value is -2.33. The summed E-state index contributed by atoms with van der Waals surface area (Å²) >= 11 is 6.08. The Balaban J connectivity index is 1.86. The van der Waals surface area contributed by atoms with E-state index in [9.17, 15) is 9.59 Å². The summed E-state index contributed by atoms with van der Waals surface area (Å²) in [6.07, 6.45) is 1.86. The summed E-state index contributed by atoms with van der Waals surface area (Å²) in [7, 11) is 1.71. The van der Waals surface area contributed by atoms with E-state index in [2.05, 4.69) is 5.32 Å². The molecule has 1 fully saturated rings. The minimum atomic E-state index is -0.288. The number of nitrogens with zero attached hydrogens (tertiary/aromatic N) is 1. The van der Waals surface area contributed by atoms with Crippen LogP contribution < -0.4 is 10.2 Å². The number of carbonyl (C=O) groups excluding carboxylic acids is 2. The summed E-state index contributed by atoms with van der Waals surface area (Å²) in [5, 5.41) is 3.27. The second-order valence-corrected chi connectivity index (χ2v) is 6.03. The standard InChI is InChI=1S/C18H17ClN2O2/c1-21(18(23)12-10-11-12)16-9-5-2-6-13(16)17(22)20-15-8-4-3-7-14(15)19/h2-9,12H,10-11H2,1H3,(H,20,22). The molecular formula is C18H17ClN2O2. The van der Waals surface area contributed by atoms with Crippen molar-refractivity contribution in [3.63, 3.8) is 0 Å². The molecule has 0 unspecified atom stereocenters. The summed E-state index contributed by atoms with van der Waals surface area (Å²) < 4.78 is 0. The summed E-state index contributed by atoms with van der Waals surface area (Å²) in [6, 6.07) is 14.1. The second kappa shape index (κ2) is 6.42. The first-order chi connectivity index (χ1) is 11.1. The lowest BCUT2D eigenvalue weighted by Crippen LogP contribution is -2.29. The minimum absolute atomic E-state index is 0.0583. The molecule has 1 saturated carbocycles. The lowest BCUT2D eigenvalue weighted by molar-refractivity contribution is -0.119. The summed E-state index contributed by atoms with van der Waals surface area (Å²) in [5.74, 6) is -0.133. The zero-order valence-corrected chi connectivity index (χ0v) is 13.5. The molecule has 1 aliphatic carbocycles. The number of rotatable bonds is 4. The molecule has 0 radical (unpaired) electrons. The zero-order valence-electron chi connectivity index (χ0n) is 12.8. The molecule has 1 N–H and O–H groups in total. The smallest absolute Gasteiger partial charge is 0.257 e. The molecule has 2 amide bonds. The Morgan fingerprint density at radius 2 is 1.74 bits per heavy atom. The van der Waals surface area contributed by atoms with Crippen molar-refractivity contribution in [2.45, 2.75) is 12.8 Å². The van der Waals surface area contributed by atoms with Gasteiger partial charge in [0.05, 0.1) is 22.0 Å². The van der Waals surface area contributed by atoms with Gasteiger partial charge in [-0.25, -0.2) is 0 Å². The molecule has 2 aromatic rings. The number of anilines is 2. The van der Waals surface area contributed by atoms with Gasteiger partial charge < -0.3 is 10.2 Å². The van der Waals surface area contributed by atoms with Gasteiger partial charge in [0, 0.05) is 13.0 Å². The Labute approximate surface area is 140 Å². The van der Waals surface area contributed by atoms with Gasteiger partial charge in [-0.3, -0.25) is 9.59 Å². The number of amides is 2. The Morgan fingerprint density at radius 3 is 2.43 bits per heavy atom. The summed E-state index contributed by atoms with van der Waals surface area (Å²) in [6.45, 7) is 0. The molecule has 0 spiro atoms. The molecule has 118 valence electrons. The van der Waals surface area contributed by atoms with Crippen LogP contribution in [0.5, 0.6) is 0 Å². The molecule has 23 heavy (non-hydrogen) atoms. The predicted octanol–water partition coefficient (Wildman–Crippen LogP) is 3.97. The zero-order chi connectivity index (χ0) is 16.4. The fourth-order valence-electron chi connectivity index (χ4n) is 2.43. The van der Waals surface area contributed by atoms with Crippen molar-refractivity contribution in [3.05, 3.63) is 59.1 Å². The van der Waals surface area contributed by atoms with Crippen LogP contribution in [0.25, 0.3) is 0 Å².